The van der Waals surface area contributed by atoms with E-state index in [2.05, 4.69) is 17.2 Å². The van der Waals surface area contributed by atoms with E-state index in [9.17, 15) is 19.2 Å². The number of hydrogen-bond acceptors (Lipinski definition) is 5. The lowest BCUT2D eigenvalue weighted by Gasteiger charge is -2.29. The molecular weight excluding hydrogens is 478 g/mol. The zero-order valence-corrected chi connectivity index (χ0v) is 20.9. The molecule has 0 radical (unpaired) electrons. The molecule has 2 heterocycles. The Hall–Kier alpha value is -3.71. The van der Waals surface area contributed by atoms with E-state index >= 15 is 0 Å². The van der Waals surface area contributed by atoms with Crippen molar-refractivity contribution in [2.75, 3.05) is 5.32 Å². The molecule has 1 fully saturated rings. The van der Waals surface area contributed by atoms with Crippen LogP contribution in [-0.4, -0.2) is 34.4 Å². The lowest BCUT2D eigenvalue weighted by atomic mass is 10.0. The van der Waals surface area contributed by atoms with Gasteiger partial charge in [-0.25, -0.2) is 0 Å². The number of rotatable bonds is 9. The van der Waals surface area contributed by atoms with Crippen molar-refractivity contribution in [3.63, 3.8) is 0 Å². The first kappa shape index (κ1) is 25.4. The van der Waals surface area contributed by atoms with Gasteiger partial charge in [-0.05, 0) is 67.5 Å². The van der Waals surface area contributed by atoms with Crippen LogP contribution in [0.4, 0.5) is 5.69 Å². The number of benzene rings is 2. The summed E-state index contributed by atoms with van der Waals surface area (Å²) in [6, 6.07) is 12.4. The third-order valence-corrected chi connectivity index (χ3v) is 6.82. The van der Waals surface area contributed by atoms with E-state index in [1.807, 2.05) is 43.3 Å². The highest BCUT2D eigenvalue weighted by atomic mass is 35.5. The Morgan fingerprint density at radius 2 is 1.83 bits per heavy atom. The van der Waals surface area contributed by atoms with Crippen LogP contribution in [0.2, 0.25) is 5.02 Å². The second kappa shape index (κ2) is 10.9. The number of carbonyl (C=O) groups excluding carboxylic acids is 4. The zero-order valence-electron chi connectivity index (χ0n) is 20.1. The monoisotopic (exact) mass is 505 g/mol. The van der Waals surface area contributed by atoms with Gasteiger partial charge in [0, 0.05) is 35.3 Å². The molecule has 7 nitrogen and oxygen atoms in total. The molecule has 2 N–H and O–H groups in total. The lowest BCUT2D eigenvalue weighted by Crippen LogP contribution is -2.52. The van der Waals surface area contributed by atoms with Crippen molar-refractivity contribution >= 4 is 40.8 Å². The Morgan fingerprint density at radius 1 is 1.11 bits per heavy atom. The number of hydrogen-bond donors (Lipinski definition) is 2. The number of anilines is 1. The smallest absolute Gasteiger partial charge is 0.278 e. The maximum atomic E-state index is 12.9. The number of halogens is 1. The summed E-state index contributed by atoms with van der Waals surface area (Å²) in [6.45, 7) is 5.67. The number of piperidine rings is 1. The Bertz CT molecular complexity index is 1280. The minimum Gasteiger partial charge on any atom is -0.351 e. The topological polar surface area (TPSA) is 95.6 Å². The summed E-state index contributed by atoms with van der Waals surface area (Å²) >= 11 is 6.16. The van der Waals surface area contributed by atoms with E-state index in [4.69, 9.17) is 11.6 Å². The first-order valence-electron chi connectivity index (χ1n) is 11.9. The molecule has 3 amide bonds. The van der Waals surface area contributed by atoms with Gasteiger partial charge in [-0.15, -0.1) is 0 Å². The predicted octanol–water partition coefficient (Wildman–Crippen LogP) is 4.24. The Balaban J connectivity index is 1.31. The number of ketones is 1. The molecule has 4 rings (SSSR count). The number of nitrogens with zero attached hydrogens (tertiary/aromatic N) is 1. The molecule has 0 bridgehead atoms. The number of allylic oxidation sites excluding steroid dienone is 1. The molecule has 186 valence electrons. The van der Waals surface area contributed by atoms with Crippen LogP contribution in [-0.2, 0) is 32.0 Å². The number of carbonyl (C=O) groups is 4. The van der Waals surface area contributed by atoms with Gasteiger partial charge in [-0.2, -0.15) is 0 Å². The molecule has 2 aromatic rings. The van der Waals surface area contributed by atoms with Crippen LogP contribution in [0.3, 0.4) is 0 Å². The molecular formula is C28H28ClN3O4. The molecule has 1 saturated heterocycles. The third-order valence-electron chi connectivity index (χ3n) is 6.42. The van der Waals surface area contributed by atoms with E-state index in [0.29, 0.717) is 54.9 Å². The molecule has 2 aliphatic heterocycles. The van der Waals surface area contributed by atoms with Gasteiger partial charge in [0.05, 0.1) is 0 Å². The predicted molar refractivity (Wildman–Crippen MR) is 138 cm³/mol. The number of aryl methyl sites for hydroxylation is 3. The van der Waals surface area contributed by atoms with Crippen molar-refractivity contribution in [3.8, 4) is 0 Å². The fraction of sp³-hybridized carbons (Fsp3) is 0.286. The number of imide groups is 1. The molecule has 36 heavy (non-hydrogen) atoms. The van der Waals surface area contributed by atoms with Gasteiger partial charge in [0.15, 0.2) is 0 Å². The average Bonchev–Trinajstić information content (AvgIpc) is 3.11. The second-order valence-electron chi connectivity index (χ2n) is 9.17. The van der Waals surface area contributed by atoms with E-state index in [-0.39, 0.29) is 11.5 Å². The molecule has 0 aromatic heterocycles. The fourth-order valence-electron chi connectivity index (χ4n) is 4.32. The van der Waals surface area contributed by atoms with E-state index in [1.54, 1.807) is 6.07 Å². The summed E-state index contributed by atoms with van der Waals surface area (Å²) in [5.41, 5.74) is 4.31. The molecule has 1 atom stereocenters. The first-order valence-corrected chi connectivity index (χ1v) is 12.3. The summed E-state index contributed by atoms with van der Waals surface area (Å²) in [4.78, 5) is 51.1. The third kappa shape index (κ3) is 5.91. The maximum absolute atomic E-state index is 12.9. The van der Waals surface area contributed by atoms with Gasteiger partial charge in [-0.1, -0.05) is 42.4 Å². The molecule has 0 spiro atoms. The fourth-order valence-corrected chi connectivity index (χ4v) is 4.53. The molecule has 2 aromatic carbocycles. The number of Topliss-reactive ketones (excluding diaryl/α,β-unsaturated/α-hetero) is 1. The van der Waals surface area contributed by atoms with Crippen molar-refractivity contribution in [1.82, 2.24) is 10.2 Å². The van der Waals surface area contributed by atoms with Gasteiger partial charge in [-0.3, -0.25) is 24.1 Å². The zero-order chi connectivity index (χ0) is 25.8. The molecule has 0 aliphatic carbocycles. The molecule has 0 saturated carbocycles. The number of amides is 3. The van der Waals surface area contributed by atoms with E-state index < -0.39 is 23.8 Å². The van der Waals surface area contributed by atoms with E-state index in [1.165, 1.54) is 6.08 Å². The van der Waals surface area contributed by atoms with Crippen LogP contribution in [0.15, 0.2) is 66.5 Å². The first-order chi connectivity index (χ1) is 17.2. The Labute approximate surface area is 215 Å². The van der Waals surface area contributed by atoms with Crippen molar-refractivity contribution < 1.29 is 19.2 Å². The van der Waals surface area contributed by atoms with E-state index in [0.717, 1.165) is 21.6 Å². The van der Waals surface area contributed by atoms with Crippen molar-refractivity contribution in [2.45, 2.75) is 51.5 Å². The quantitative estimate of drug-likeness (QED) is 0.497. The minimum atomic E-state index is -0.848. The Morgan fingerprint density at radius 3 is 2.53 bits per heavy atom. The van der Waals surface area contributed by atoms with Gasteiger partial charge in [0.1, 0.15) is 17.5 Å². The van der Waals surface area contributed by atoms with Crippen LogP contribution in [0.5, 0.6) is 0 Å². The van der Waals surface area contributed by atoms with Gasteiger partial charge >= 0.3 is 0 Å². The van der Waals surface area contributed by atoms with Gasteiger partial charge in [0.25, 0.3) is 11.8 Å². The summed E-state index contributed by atoms with van der Waals surface area (Å²) in [5, 5.41) is 6.32. The number of nitrogens with one attached hydrogen (secondary N) is 2. The van der Waals surface area contributed by atoms with Crippen molar-refractivity contribution in [1.29, 1.82) is 0 Å². The highest BCUT2D eigenvalue weighted by Gasteiger charge is 2.41. The maximum Gasteiger partial charge on any atom is 0.278 e. The van der Waals surface area contributed by atoms with Crippen LogP contribution < -0.4 is 10.6 Å². The summed E-state index contributed by atoms with van der Waals surface area (Å²) in [6.07, 6.45) is 4.13. The molecule has 8 heteroatoms. The molecule has 1 unspecified atom stereocenters. The second-order valence-corrected chi connectivity index (χ2v) is 9.57. The average molecular weight is 506 g/mol. The minimum absolute atomic E-state index is 0.113. The normalized spacial score (nSPS) is 17.8. The van der Waals surface area contributed by atoms with Gasteiger partial charge in [0.2, 0.25) is 5.91 Å². The summed E-state index contributed by atoms with van der Waals surface area (Å²) in [5.74, 6) is -1.30. The van der Waals surface area contributed by atoms with Crippen molar-refractivity contribution in [3.05, 3.63) is 88.2 Å². The SMILES string of the molecule is C=C1CCC(N2C(=O)C=C(Nc3cccc(CCC(=O)CCc4ccc(C)c(Cl)c4)c3)C2=O)C(=O)N1. The van der Waals surface area contributed by atoms with Crippen molar-refractivity contribution in [2.24, 2.45) is 0 Å². The van der Waals surface area contributed by atoms with Crippen LogP contribution in [0, 0.1) is 6.92 Å². The summed E-state index contributed by atoms with van der Waals surface area (Å²) in [7, 11) is 0. The lowest BCUT2D eigenvalue weighted by molar-refractivity contribution is -0.146. The van der Waals surface area contributed by atoms with Crippen LogP contribution in [0.25, 0.3) is 0 Å². The van der Waals surface area contributed by atoms with Crippen LogP contribution >= 0.6 is 11.6 Å². The largest absolute Gasteiger partial charge is 0.351 e. The highest BCUT2D eigenvalue weighted by molar-refractivity contribution is 6.31. The highest BCUT2D eigenvalue weighted by Crippen LogP contribution is 2.25. The standard InChI is InChI=1S/C28H28ClN3O4/c1-17-6-8-20(15-23(17)29)10-12-22(33)11-9-19-4-3-5-21(14-19)31-24-16-26(34)32(28(24)36)25-13-7-18(2)30-27(25)35/h3-6,8,14-16,25,31H,2,7,9-13H2,1H3,(H,30,35). The Kier molecular flexibility index (Phi) is 7.70. The summed E-state index contributed by atoms with van der Waals surface area (Å²) < 4.78 is 0. The molecule has 2 aliphatic rings. The van der Waals surface area contributed by atoms with Gasteiger partial charge < -0.3 is 10.6 Å². The van der Waals surface area contributed by atoms with Crippen LogP contribution in [0.1, 0.15) is 42.4 Å².